The lowest BCUT2D eigenvalue weighted by Gasteiger charge is -2.34. The van der Waals surface area contributed by atoms with E-state index in [2.05, 4.69) is 18.2 Å². The van der Waals surface area contributed by atoms with Crippen molar-refractivity contribution in [1.82, 2.24) is 0 Å². The van der Waals surface area contributed by atoms with Gasteiger partial charge in [0.25, 0.3) is 0 Å². The van der Waals surface area contributed by atoms with Crippen LogP contribution in [-0.4, -0.2) is 40.3 Å². The Morgan fingerprint density at radius 3 is 2.63 bits per heavy atom. The molecule has 1 saturated heterocycles. The van der Waals surface area contributed by atoms with Gasteiger partial charge in [-0.15, -0.1) is 0 Å². The van der Waals surface area contributed by atoms with Crippen LogP contribution in [0.1, 0.15) is 51.9 Å². The highest BCUT2D eigenvalue weighted by molar-refractivity contribution is 5.97. The molecule has 3 aliphatic carbocycles. The highest BCUT2D eigenvalue weighted by atomic mass is 16.5. The van der Waals surface area contributed by atoms with Crippen molar-refractivity contribution in [3.05, 3.63) is 23.8 Å². The van der Waals surface area contributed by atoms with E-state index in [-0.39, 0.29) is 54.6 Å². The largest absolute Gasteiger partial charge is 0.463 e. The molecule has 5 heteroatoms. The lowest BCUT2D eigenvalue weighted by Crippen LogP contribution is -2.31. The second-order valence-corrected chi connectivity index (χ2v) is 8.94. The number of hydrogen-bond donors (Lipinski definition) is 2. The summed E-state index contributed by atoms with van der Waals surface area (Å²) in [4.78, 5) is 25.4. The Labute approximate surface area is 160 Å². The Bertz CT molecular complexity index is 666. The smallest absolute Gasteiger partial charge is 0.306 e. The van der Waals surface area contributed by atoms with Crippen LogP contribution >= 0.6 is 0 Å². The maximum Gasteiger partial charge on any atom is 0.306 e. The van der Waals surface area contributed by atoms with Crippen LogP contribution in [0.5, 0.6) is 0 Å². The van der Waals surface area contributed by atoms with Gasteiger partial charge >= 0.3 is 5.97 Å². The number of esters is 1. The van der Waals surface area contributed by atoms with Crippen molar-refractivity contribution in [3.8, 4) is 0 Å². The van der Waals surface area contributed by atoms with Gasteiger partial charge in [-0.3, -0.25) is 9.59 Å². The number of ether oxygens (including phenoxy) is 1. The zero-order valence-corrected chi connectivity index (χ0v) is 15.9. The first-order chi connectivity index (χ1) is 12.9. The van der Waals surface area contributed by atoms with Crippen LogP contribution in [0.15, 0.2) is 23.8 Å². The Balaban J connectivity index is 1.63. The van der Waals surface area contributed by atoms with Crippen LogP contribution in [0.2, 0.25) is 0 Å². The predicted octanol–water partition coefficient (Wildman–Crippen LogP) is 2.56. The molecule has 148 valence electrons. The van der Waals surface area contributed by atoms with Gasteiger partial charge in [-0.25, -0.2) is 0 Å². The molecule has 0 aromatic carbocycles. The maximum atomic E-state index is 12.9. The molecule has 4 aliphatic rings. The van der Waals surface area contributed by atoms with Gasteiger partial charge in [0.15, 0.2) is 5.78 Å². The molecule has 2 fully saturated rings. The summed E-state index contributed by atoms with van der Waals surface area (Å²) in [5.74, 6) is 0.531. The zero-order valence-electron chi connectivity index (χ0n) is 15.9. The molecule has 0 unspecified atom stereocenters. The van der Waals surface area contributed by atoms with Crippen molar-refractivity contribution in [2.45, 2.75) is 70.2 Å². The van der Waals surface area contributed by atoms with Crippen LogP contribution < -0.4 is 0 Å². The van der Waals surface area contributed by atoms with E-state index in [1.807, 2.05) is 6.92 Å². The van der Waals surface area contributed by atoms with Crippen LogP contribution in [0, 0.1) is 29.6 Å². The molecule has 0 aromatic rings. The number of carbonyl (C=O) groups is 2. The molecule has 8 atom stereocenters. The van der Waals surface area contributed by atoms with Gasteiger partial charge in [-0.1, -0.05) is 18.2 Å². The number of rotatable bonds is 0. The van der Waals surface area contributed by atoms with E-state index in [0.29, 0.717) is 30.3 Å². The Hall–Kier alpha value is -1.46. The molecule has 1 aliphatic heterocycles. The molecule has 5 nitrogen and oxygen atoms in total. The Kier molecular flexibility index (Phi) is 5.26. The molecular weight excluding hydrogens is 344 g/mol. The summed E-state index contributed by atoms with van der Waals surface area (Å²) in [6.45, 7) is 1.89. The molecular formula is C22H30O5. The summed E-state index contributed by atoms with van der Waals surface area (Å²) in [7, 11) is 0. The van der Waals surface area contributed by atoms with Crippen LogP contribution in [0.3, 0.4) is 0 Å². The Morgan fingerprint density at radius 1 is 1.00 bits per heavy atom. The van der Waals surface area contributed by atoms with Crippen LogP contribution in [0.4, 0.5) is 0 Å². The molecule has 1 saturated carbocycles. The number of Topliss-reactive ketones (excluding diaryl/α,β-unsaturated/α-hetero) is 1. The minimum Gasteiger partial charge on any atom is -0.463 e. The molecule has 0 amide bonds. The number of aliphatic hydroxyl groups excluding tert-OH is 2. The van der Waals surface area contributed by atoms with Gasteiger partial charge in [-0.05, 0) is 68.3 Å². The standard InChI is InChI=1S/C22H30O5/c1-12-3-2-4-14(23)9-21(25)20-10-18-16(19(20)11-22(26)27-12)6-5-13-7-15(24)8-17(13)18/h5-6,10,12-19,23-24H,2-4,7-9,11H2,1H3/t12-,13+,14-,15+,16+,17+,18+,19-/m0/s1. The summed E-state index contributed by atoms with van der Waals surface area (Å²) in [5.41, 5.74) is 0.695. The fourth-order valence-electron chi connectivity index (χ4n) is 5.73. The van der Waals surface area contributed by atoms with Crippen molar-refractivity contribution in [3.63, 3.8) is 0 Å². The first-order valence-corrected chi connectivity index (χ1v) is 10.4. The fourth-order valence-corrected chi connectivity index (χ4v) is 5.73. The molecule has 1 heterocycles. The molecule has 0 spiro atoms. The van der Waals surface area contributed by atoms with Crippen molar-refractivity contribution >= 4 is 11.8 Å². The summed E-state index contributed by atoms with van der Waals surface area (Å²) in [6, 6.07) is 0. The topological polar surface area (TPSA) is 83.8 Å². The number of cyclic esters (lactones) is 1. The third-order valence-electron chi connectivity index (χ3n) is 7.00. The van der Waals surface area contributed by atoms with Crippen molar-refractivity contribution in [2.24, 2.45) is 29.6 Å². The van der Waals surface area contributed by atoms with Crippen molar-refractivity contribution in [1.29, 1.82) is 0 Å². The average Bonchev–Trinajstić information content (AvgIpc) is 3.13. The normalized spacial score (nSPS) is 45.1. The van der Waals surface area contributed by atoms with Gasteiger partial charge in [-0.2, -0.15) is 0 Å². The zero-order chi connectivity index (χ0) is 19.1. The molecule has 2 N–H and O–H groups in total. The Morgan fingerprint density at radius 2 is 1.81 bits per heavy atom. The SMILES string of the molecule is C[C@H]1CCC[C@H](O)CC(=O)C2=C[C@@H]3[C@@H](C=C[C@@H]4C[C@@H](O)C[C@@H]34)[C@@H]2CC(=O)O1. The van der Waals surface area contributed by atoms with Crippen molar-refractivity contribution in [2.75, 3.05) is 0 Å². The predicted molar refractivity (Wildman–Crippen MR) is 99.6 cm³/mol. The summed E-state index contributed by atoms with van der Waals surface area (Å²) >= 11 is 0. The van der Waals surface area contributed by atoms with E-state index < -0.39 is 6.10 Å². The van der Waals surface area contributed by atoms with Gasteiger partial charge in [0.05, 0.1) is 24.7 Å². The van der Waals surface area contributed by atoms with E-state index >= 15 is 0 Å². The number of hydrogen-bond acceptors (Lipinski definition) is 5. The highest BCUT2D eigenvalue weighted by Gasteiger charge is 2.49. The maximum absolute atomic E-state index is 12.9. The monoisotopic (exact) mass is 374 g/mol. The number of fused-ring (bicyclic) bond motifs is 5. The van der Waals surface area contributed by atoms with Crippen LogP contribution in [0.25, 0.3) is 0 Å². The number of aliphatic hydroxyl groups is 2. The molecule has 27 heavy (non-hydrogen) atoms. The van der Waals surface area contributed by atoms with Gasteiger partial charge in [0, 0.05) is 12.3 Å². The van der Waals surface area contributed by atoms with E-state index in [0.717, 1.165) is 19.3 Å². The summed E-state index contributed by atoms with van der Waals surface area (Å²) in [6.07, 6.45) is 9.19. The summed E-state index contributed by atoms with van der Waals surface area (Å²) in [5, 5.41) is 20.4. The lowest BCUT2D eigenvalue weighted by molar-refractivity contribution is -0.149. The molecule has 0 radical (unpaired) electrons. The number of allylic oxidation sites excluding steroid dienone is 4. The number of ketones is 1. The number of carbonyl (C=O) groups excluding carboxylic acids is 2. The average molecular weight is 374 g/mol. The fraction of sp³-hybridized carbons (Fsp3) is 0.727. The van der Waals surface area contributed by atoms with E-state index in [1.165, 1.54) is 0 Å². The summed E-state index contributed by atoms with van der Waals surface area (Å²) < 4.78 is 5.56. The quantitative estimate of drug-likeness (QED) is 0.503. The minimum atomic E-state index is -0.638. The second-order valence-electron chi connectivity index (χ2n) is 8.94. The lowest BCUT2D eigenvalue weighted by atomic mass is 9.70. The van der Waals surface area contributed by atoms with Crippen LogP contribution in [-0.2, 0) is 14.3 Å². The molecule has 0 bridgehead atoms. The van der Waals surface area contributed by atoms with Crippen molar-refractivity contribution < 1.29 is 24.5 Å². The highest BCUT2D eigenvalue weighted by Crippen LogP contribution is 2.53. The van der Waals surface area contributed by atoms with E-state index in [9.17, 15) is 19.8 Å². The van der Waals surface area contributed by atoms with Gasteiger partial charge in [0.1, 0.15) is 0 Å². The van der Waals surface area contributed by atoms with E-state index in [1.54, 1.807) is 0 Å². The third kappa shape index (κ3) is 3.77. The molecule has 4 rings (SSSR count). The minimum absolute atomic E-state index is 0.0354. The van der Waals surface area contributed by atoms with E-state index in [4.69, 9.17) is 4.74 Å². The first kappa shape index (κ1) is 18.9. The second kappa shape index (κ2) is 7.51. The molecule has 0 aromatic heterocycles. The third-order valence-corrected chi connectivity index (χ3v) is 7.00. The van der Waals surface area contributed by atoms with Gasteiger partial charge in [0.2, 0.25) is 0 Å². The first-order valence-electron chi connectivity index (χ1n) is 10.4. The van der Waals surface area contributed by atoms with Gasteiger partial charge < -0.3 is 14.9 Å².